The lowest BCUT2D eigenvalue weighted by Crippen LogP contribution is -2.38. The minimum atomic E-state index is 0.482. The van der Waals surface area contributed by atoms with E-state index >= 15 is 0 Å². The number of rotatable bonds is 2. The van der Waals surface area contributed by atoms with Gasteiger partial charge in [-0.05, 0) is 51.2 Å². The molecule has 0 amide bonds. The Labute approximate surface area is 124 Å². The van der Waals surface area contributed by atoms with Crippen LogP contribution in [0.15, 0.2) is 18.2 Å². The largest absolute Gasteiger partial charge is 0.497 e. The van der Waals surface area contributed by atoms with Crippen LogP contribution in [0.3, 0.4) is 0 Å². The van der Waals surface area contributed by atoms with E-state index in [1.807, 2.05) is 12.1 Å². The average Bonchev–Trinajstić information content (AvgIpc) is 2.76. The van der Waals surface area contributed by atoms with Gasteiger partial charge in [-0.3, -0.25) is 0 Å². The number of nitrogens with zero attached hydrogens (tertiary/aromatic N) is 2. The molecule has 2 aromatic rings. The standard InChI is InChI=1S/C15H21N3OS/c1-10-8-11(6-7-17(10)2)18-14-5-4-12(19-3)9-13(14)16-15(18)20/h4-5,9-11H,6-8H2,1-3H3,(H,16,20). The summed E-state index contributed by atoms with van der Waals surface area (Å²) in [4.78, 5) is 5.72. The van der Waals surface area contributed by atoms with E-state index in [4.69, 9.17) is 17.0 Å². The zero-order valence-electron chi connectivity index (χ0n) is 12.2. The third-order valence-electron chi connectivity index (χ3n) is 4.47. The van der Waals surface area contributed by atoms with Gasteiger partial charge in [0, 0.05) is 24.7 Å². The second-order valence-corrected chi connectivity index (χ2v) is 6.08. The van der Waals surface area contributed by atoms with E-state index in [0.29, 0.717) is 12.1 Å². The Morgan fingerprint density at radius 2 is 2.20 bits per heavy atom. The summed E-state index contributed by atoms with van der Waals surface area (Å²) in [5.74, 6) is 0.859. The molecule has 1 aromatic carbocycles. The van der Waals surface area contributed by atoms with Crippen LogP contribution in [0, 0.1) is 4.77 Å². The zero-order valence-corrected chi connectivity index (χ0v) is 13.0. The first-order chi connectivity index (χ1) is 9.60. The summed E-state index contributed by atoms with van der Waals surface area (Å²) in [6.45, 7) is 3.41. The number of benzene rings is 1. The minimum absolute atomic E-state index is 0.482. The number of nitrogens with one attached hydrogen (secondary N) is 1. The second kappa shape index (κ2) is 5.22. The Balaban J connectivity index is 2.03. The molecule has 3 rings (SSSR count). The quantitative estimate of drug-likeness (QED) is 0.861. The smallest absolute Gasteiger partial charge is 0.178 e. The lowest BCUT2D eigenvalue weighted by Gasteiger charge is -2.35. The molecule has 5 heteroatoms. The molecule has 1 saturated heterocycles. The fourth-order valence-electron chi connectivity index (χ4n) is 3.10. The number of H-pyrrole nitrogens is 1. The van der Waals surface area contributed by atoms with Crippen LogP contribution in [0.2, 0.25) is 0 Å². The van der Waals surface area contributed by atoms with Crippen molar-refractivity contribution in [3.05, 3.63) is 23.0 Å². The lowest BCUT2D eigenvalue weighted by atomic mass is 9.98. The molecule has 0 aliphatic carbocycles. The predicted octanol–water partition coefficient (Wildman–Crippen LogP) is 3.36. The SMILES string of the molecule is COc1ccc2c(c1)[nH]c(=S)n2C1CCN(C)C(C)C1. The summed E-state index contributed by atoms with van der Waals surface area (Å²) >= 11 is 5.53. The Hall–Kier alpha value is -1.33. The summed E-state index contributed by atoms with van der Waals surface area (Å²) in [6, 6.07) is 7.19. The number of hydrogen-bond donors (Lipinski definition) is 1. The van der Waals surface area contributed by atoms with Crippen molar-refractivity contribution < 1.29 is 4.74 Å². The van der Waals surface area contributed by atoms with E-state index in [2.05, 4.69) is 34.5 Å². The van der Waals surface area contributed by atoms with E-state index in [-0.39, 0.29) is 0 Å². The van der Waals surface area contributed by atoms with Crippen molar-refractivity contribution in [1.82, 2.24) is 14.5 Å². The van der Waals surface area contributed by atoms with Crippen LogP contribution in [-0.2, 0) is 0 Å². The number of fused-ring (bicyclic) bond motifs is 1. The number of methoxy groups -OCH3 is 1. The van der Waals surface area contributed by atoms with Crippen molar-refractivity contribution in [2.24, 2.45) is 0 Å². The van der Waals surface area contributed by atoms with Crippen molar-refractivity contribution in [3.8, 4) is 5.75 Å². The minimum Gasteiger partial charge on any atom is -0.497 e. The molecule has 2 unspecified atom stereocenters. The Bertz CT molecular complexity index is 675. The highest BCUT2D eigenvalue weighted by Gasteiger charge is 2.25. The van der Waals surface area contributed by atoms with Gasteiger partial charge >= 0.3 is 0 Å². The van der Waals surface area contributed by atoms with Gasteiger partial charge in [0.05, 0.1) is 18.1 Å². The second-order valence-electron chi connectivity index (χ2n) is 5.69. The normalized spacial score (nSPS) is 24.1. The maximum absolute atomic E-state index is 5.53. The van der Waals surface area contributed by atoms with Gasteiger partial charge in [-0.15, -0.1) is 0 Å². The Morgan fingerprint density at radius 1 is 1.40 bits per heavy atom. The van der Waals surface area contributed by atoms with Crippen LogP contribution in [0.4, 0.5) is 0 Å². The molecule has 2 heterocycles. The summed E-state index contributed by atoms with van der Waals surface area (Å²) in [6.07, 6.45) is 2.29. The molecular weight excluding hydrogens is 270 g/mol. The molecule has 4 nitrogen and oxygen atoms in total. The van der Waals surface area contributed by atoms with Gasteiger partial charge in [0.25, 0.3) is 0 Å². The fraction of sp³-hybridized carbons (Fsp3) is 0.533. The number of imidazole rings is 1. The zero-order chi connectivity index (χ0) is 14.3. The molecule has 0 bridgehead atoms. The van der Waals surface area contributed by atoms with Crippen molar-refractivity contribution >= 4 is 23.3 Å². The molecule has 108 valence electrons. The number of ether oxygens (including phenoxy) is 1. The molecule has 1 aliphatic heterocycles. The molecule has 2 atom stereocenters. The molecule has 0 radical (unpaired) electrons. The van der Waals surface area contributed by atoms with Crippen molar-refractivity contribution in [2.45, 2.75) is 31.8 Å². The van der Waals surface area contributed by atoms with Crippen LogP contribution in [0.25, 0.3) is 11.0 Å². The van der Waals surface area contributed by atoms with Crippen LogP contribution >= 0.6 is 12.2 Å². The molecule has 1 fully saturated rings. The van der Waals surface area contributed by atoms with Crippen LogP contribution in [0.5, 0.6) is 5.75 Å². The molecule has 1 aromatic heterocycles. The van der Waals surface area contributed by atoms with E-state index < -0.39 is 0 Å². The maximum Gasteiger partial charge on any atom is 0.178 e. The van der Waals surface area contributed by atoms with Gasteiger partial charge in [0.2, 0.25) is 0 Å². The highest BCUT2D eigenvalue weighted by atomic mass is 32.1. The van der Waals surface area contributed by atoms with Crippen molar-refractivity contribution in [2.75, 3.05) is 20.7 Å². The maximum atomic E-state index is 5.53. The average molecular weight is 291 g/mol. The molecule has 1 N–H and O–H groups in total. The fourth-order valence-corrected chi connectivity index (χ4v) is 3.46. The molecule has 20 heavy (non-hydrogen) atoms. The van der Waals surface area contributed by atoms with Gasteiger partial charge in [0.15, 0.2) is 4.77 Å². The number of hydrogen-bond acceptors (Lipinski definition) is 3. The third-order valence-corrected chi connectivity index (χ3v) is 4.77. The van der Waals surface area contributed by atoms with Gasteiger partial charge in [0.1, 0.15) is 5.75 Å². The van der Waals surface area contributed by atoms with E-state index in [0.717, 1.165) is 35.4 Å². The third kappa shape index (κ3) is 2.25. The number of piperidine rings is 1. The Morgan fingerprint density at radius 3 is 2.90 bits per heavy atom. The van der Waals surface area contributed by atoms with Crippen LogP contribution in [-0.4, -0.2) is 41.2 Å². The van der Waals surface area contributed by atoms with Gasteiger partial charge in [-0.25, -0.2) is 0 Å². The van der Waals surface area contributed by atoms with Crippen molar-refractivity contribution in [1.29, 1.82) is 0 Å². The highest BCUT2D eigenvalue weighted by Crippen LogP contribution is 2.31. The number of aromatic nitrogens is 2. The van der Waals surface area contributed by atoms with E-state index in [1.165, 1.54) is 5.52 Å². The number of aromatic amines is 1. The summed E-state index contributed by atoms with van der Waals surface area (Å²) in [5, 5.41) is 0. The topological polar surface area (TPSA) is 33.2 Å². The highest BCUT2D eigenvalue weighted by molar-refractivity contribution is 7.71. The summed E-state index contributed by atoms with van der Waals surface area (Å²) in [7, 11) is 3.88. The van der Waals surface area contributed by atoms with E-state index in [1.54, 1.807) is 7.11 Å². The van der Waals surface area contributed by atoms with Gasteiger partial charge in [-0.1, -0.05) is 0 Å². The van der Waals surface area contributed by atoms with Gasteiger partial charge in [-0.2, -0.15) is 0 Å². The molecule has 0 saturated carbocycles. The first-order valence-electron chi connectivity index (χ1n) is 7.08. The number of likely N-dealkylation sites (tertiary alicyclic amines) is 1. The van der Waals surface area contributed by atoms with E-state index in [9.17, 15) is 0 Å². The first kappa shape index (κ1) is 13.6. The first-order valence-corrected chi connectivity index (χ1v) is 7.49. The Kier molecular flexibility index (Phi) is 3.56. The molecule has 1 aliphatic rings. The van der Waals surface area contributed by atoms with Crippen molar-refractivity contribution in [3.63, 3.8) is 0 Å². The summed E-state index contributed by atoms with van der Waals surface area (Å²) in [5.41, 5.74) is 2.23. The summed E-state index contributed by atoms with van der Waals surface area (Å²) < 4.78 is 8.38. The van der Waals surface area contributed by atoms with Crippen LogP contribution < -0.4 is 4.74 Å². The molecular formula is C15H21N3OS. The van der Waals surface area contributed by atoms with Gasteiger partial charge < -0.3 is 19.2 Å². The lowest BCUT2D eigenvalue weighted by molar-refractivity contribution is 0.158. The predicted molar refractivity (Wildman–Crippen MR) is 84.0 cm³/mol. The monoisotopic (exact) mass is 291 g/mol. The van der Waals surface area contributed by atoms with Crippen LogP contribution in [0.1, 0.15) is 25.8 Å². The molecule has 0 spiro atoms.